The van der Waals surface area contributed by atoms with Crippen LogP contribution >= 0.6 is 0 Å². The van der Waals surface area contributed by atoms with Crippen molar-refractivity contribution >= 4 is 18.0 Å². The van der Waals surface area contributed by atoms with Gasteiger partial charge in [-0.25, -0.2) is 4.79 Å². The maximum atomic E-state index is 12.7. The van der Waals surface area contributed by atoms with Gasteiger partial charge >= 0.3 is 12.1 Å². The second kappa shape index (κ2) is 10.9. The first-order chi connectivity index (χ1) is 16.8. The minimum Gasteiger partial charge on any atom is -0.481 e. The maximum absolute atomic E-state index is 12.7. The number of ether oxygens (including phenoxy) is 1. The Labute approximate surface area is 206 Å². The summed E-state index contributed by atoms with van der Waals surface area (Å²) in [6.07, 6.45) is 1.92. The van der Waals surface area contributed by atoms with E-state index >= 15 is 0 Å². The highest BCUT2D eigenvalue weighted by Crippen LogP contribution is 2.44. The third-order valence-corrected chi connectivity index (χ3v) is 7.39. The zero-order chi connectivity index (χ0) is 24.9. The quantitative estimate of drug-likeness (QED) is 0.490. The smallest absolute Gasteiger partial charge is 0.407 e. The van der Waals surface area contributed by atoms with Crippen LogP contribution in [0.15, 0.2) is 48.5 Å². The van der Waals surface area contributed by atoms with Crippen LogP contribution in [0.5, 0.6) is 0 Å². The molecule has 0 aliphatic heterocycles. The van der Waals surface area contributed by atoms with E-state index in [0.717, 1.165) is 24.0 Å². The number of amides is 2. The summed E-state index contributed by atoms with van der Waals surface area (Å²) in [6.45, 7) is 4.46. The van der Waals surface area contributed by atoms with Gasteiger partial charge in [0.15, 0.2) is 0 Å². The van der Waals surface area contributed by atoms with Gasteiger partial charge in [-0.05, 0) is 46.9 Å². The number of rotatable bonds is 9. The van der Waals surface area contributed by atoms with Gasteiger partial charge in [0.2, 0.25) is 5.91 Å². The Hall–Kier alpha value is -3.35. The molecule has 0 radical (unpaired) electrons. The Morgan fingerprint density at radius 2 is 1.63 bits per heavy atom. The van der Waals surface area contributed by atoms with Gasteiger partial charge < -0.3 is 20.5 Å². The summed E-state index contributed by atoms with van der Waals surface area (Å²) in [5, 5.41) is 15.1. The molecule has 3 atom stereocenters. The lowest BCUT2D eigenvalue weighted by atomic mass is 9.96. The molecule has 2 aliphatic carbocycles. The summed E-state index contributed by atoms with van der Waals surface area (Å²) in [7, 11) is 0. The maximum Gasteiger partial charge on any atom is 0.407 e. The monoisotopic (exact) mass is 478 g/mol. The molecule has 4 rings (SSSR count). The third kappa shape index (κ3) is 5.66. The number of aliphatic carboxylic acids is 1. The summed E-state index contributed by atoms with van der Waals surface area (Å²) in [6, 6.07) is 16.0. The highest BCUT2D eigenvalue weighted by molar-refractivity contribution is 5.80. The zero-order valence-electron chi connectivity index (χ0n) is 20.3. The van der Waals surface area contributed by atoms with E-state index in [1.165, 1.54) is 11.1 Å². The fraction of sp³-hybridized carbons (Fsp3) is 0.464. The highest BCUT2D eigenvalue weighted by Gasteiger charge is 2.33. The van der Waals surface area contributed by atoms with Gasteiger partial charge in [-0.3, -0.25) is 9.59 Å². The Balaban J connectivity index is 1.30. The molecule has 1 saturated carbocycles. The van der Waals surface area contributed by atoms with Gasteiger partial charge in [0, 0.05) is 24.9 Å². The molecule has 0 saturated heterocycles. The van der Waals surface area contributed by atoms with Crippen molar-refractivity contribution in [1.29, 1.82) is 0 Å². The van der Waals surface area contributed by atoms with Crippen LogP contribution in [0.25, 0.3) is 11.1 Å². The second-order valence-electron chi connectivity index (χ2n) is 9.96. The van der Waals surface area contributed by atoms with Crippen molar-refractivity contribution in [3.8, 4) is 11.1 Å². The molecule has 2 aliphatic rings. The van der Waals surface area contributed by atoms with E-state index in [1.54, 1.807) is 0 Å². The first-order valence-corrected chi connectivity index (χ1v) is 12.5. The number of carboxylic acids is 1. The van der Waals surface area contributed by atoms with Gasteiger partial charge in [-0.2, -0.15) is 0 Å². The summed E-state index contributed by atoms with van der Waals surface area (Å²) < 4.78 is 5.64. The molecule has 7 nitrogen and oxygen atoms in total. The number of hydrogen-bond acceptors (Lipinski definition) is 4. The average molecular weight is 479 g/mol. The molecule has 0 spiro atoms. The molecule has 2 amide bonds. The van der Waals surface area contributed by atoms with Crippen LogP contribution < -0.4 is 10.6 Å². The van der Waals surface area contributed by atoms with Crippen molar-refractivity contribution in [3.05, 3.63) is 59.7 Å². The normalized spacial score (nSPS) is 19.6. The Morgan fingerprint density at radius 1 is 1.00 bits per heavy atom. The molecule has 0 bridgehead atoms. The van der Waals surface area contributed by atoms with Crippen molar-refractivity contribution in [2.45, 2.75) is 51.5 Å². The molecule has 3 unspecified atom stereocenters. The number of carbonyl (C=O) groups excluding carboxylic acids is 2. The van der Waals surface area contributed by atoms with Gasteiger partial charge in [0.25, 0.3) is 0 Å². The molecule has 7 heteroatoms. The van der Waals surface area contributed by atoms with Crippen molar-refractivity contribution in [2.24, 2.45) is 17.8 Å². The van der Waals surface area contributed by atoms with Crippen molar-refractivity contribution in [1.82, 2.24) is 10.6 Å². The molecule has 35 heavy (non-hydrogen) atoms. The van der Waals surface area contributed by atoms with Gasteiger partial charge in [0.05, 0.1) is 5.92 Å². The molecule has 1 fully saturated rings. The van der Waals surface area contributed by atoms with E-state index in [2.05, 4.69) is 34.9 Å². The molecule has 2 aromatic rings. The van der Waals surface area contributed by atoms with Crippen LogP contribution in [0.4, 0.5) is 4.79 Å². The first-order valence-electron chi connectivity index (χ1n) is 12.5. The number of nitrogens with one attached hydrogen (secondary N) is 2. The fourth-order valence-electron chi connectivity index (χ4n) is 5.37. The average Bonchev–Trinajstić information content (AvgIpc) is 3.44. The topological polar surface area (TPSA) is 105 Å². The van der Waals surface area contributed by atoms with E-state index in [0.29, 0.717) is 13.0 Å². The van der Waals surface area contributed by atoms with E-state index < -0.39 is 18.0 Å². The predicted molar refractivity (Wildman–Crippen MR) is 133 cm³/mol. The van der Waals surface area contributed by atoms with Crippen molar-refractivity contribution < 1.29 is 24.2 Å². The summed E-state index contributed by atoms with van der Waals surface area (Å²) in [5.41, 5.74) is 4.63. The van der Waals surface area contributed by atoms with Crippen molar-refractivity contribution in [3.63, 3.8) is 0 Å². The van der Waals surface area contributed by atoms with Crippen LogP contribution in [0.1, 0.15) is 56.6 Å². The number of benzene rings is 2. The number of fused-ring (bicyclic) bond motifs is 3. The number of alkyl carbamates (subject to hydrolysis) is 1. The molecule has 0 heterocycles. The highest BCUT2D eigenvalue weighted by atomic mass is 16.5. The largest absolute Gasteiger partial charge is 0.481 e. The summed E-state index contributed by atoms with van der Waals surface area (Å²) in [4.78, 5) is 36.6. The van der Waals surface area contributed by atoms with E-state index in [-0.39, 0.29) is 42.7 Å². The first kappa shape index (κ1) is 24.8. The fourth-order valence-corrected chi connectivity index (χ4v) is 5.37. The molecular formula is C28H34N2O5. The van der Waals surface area contributed by atoms with Crippen LogP contribution in [0.2, 0.25) is 0 Å². The SMILES string of the molecule is CC(C)C(CC(=O)NCC1CCCC1C(=O)O)NC(=O)OCC1c2ccccc2-c2ccccc21. The lowest BCUT2D eigenvalue weighted by Crippen LogP contribution is -2.43. The lowest BCUT2D eigenvalue weighted by molar-refractivity contribution is -0.143. The zero-order valence-corrected chi connectivity index (χ0v) is 20.3. The van der Waals surface area contributed by atoms with Crippen LogP contribution in [-0.2, 0) is 14.3 Å². The number of carbonyl (C=O) groups is 3. The van der Waals surface area contributed by atoms with Crippen LogP contribution in [0, 0.1) is 17.8 Å². The predicted octanol–water partition coefficient (Wildman–Crippen LogP) is 4.56. The van der Waals surface area contributed by atoms with E-state index in [9.17, 15) is 19.5 Å². The van der Waals surface area contributed by atoms with Crippen LogP contribution in [0.3, 0.4) is 0 Å². The third-order valence-electron chi connectivity index (χ3n) is 7.39. The molecule has 2 aromatic carbocycles. The van der Waals surface area contributed by atoms with Crippen LogP contribution in [-0.4, -0.2) is 42.3 Å². The van der Waals surface area contributed by atoms with E-state index in [4.69, 9.17) is 4.74 Å². The number of hydrogen-bond donors (Lipinski definition) is 3. The van der Waals surface area contributed by atoms with E-state index in [1.807, 2.05) is 38.1 Å². The Kier molecular flexibility index (Phi) is 7.73. The minimum atomic E-state index is -0.793. The lowest BCUT2D eigenvalue weighted by Gasteiger charge is -2.23. The number of carboxylic acid groups (broad SMARTS) is 1. The Bertz CT molecular complexity index is 1040. The molecule has 0 aromatic heterocycles. The second-order valence-corrected chi connectivity index (χ2v) is 9.96. The standard InChI is InChI=1S/C28H34N2O5/c1-17(2)25(14-26(31)29-15-18-8-7-13-19(18)27(32)33)30-28(34)35-16-24-22-11-5-3-9-20(22)21-10-4-6-12-23(21)24/h3-6,9-12,17-19,24-25H,7-8,13-16H2,1-2H3,(H,29,31)(H,30,34)(H,32,33). The molecule has 3 N–H and O–H groups in total. The van der Waals surface area contributed by atoms with Gasteiger partial charge in [0.1, 0.15) is 6.61 Å². The van der Waals surface area contributed by atoms with Crippen molar-refractivity contribution in [2.75, 3.05) is 13.2 Å². The van der Waals surface area contributed by atoms with Gasteiger partial charge in [-0.1, -0.05) is 68.8 Å². The summed E-state index contributed by atoms with van der Waals surface area (Å²) in [5.74, 6) is -1.42. The molecular weight excluding hydrogens is 444 g/mol. The summed E-state index contributed by atoms with van der Waals surface area (Å²) >= 11 is 0. The molecule has 186 valence electrons. The van der Waals surface area contributed by atoms with Gasteiger partial charge in [-0.15, -0.1) is 0 Å². The minimum absolute atomic E-state index is 0.0254. The Morgan fingerprint density at radius 3 is 2.23 bits per heavy atom.